The third-order valence-corrected chi connectivity index (χ3v) is 9.48. The molecular formula is C31H44N2O4S2. The summed E-state index contributed by atoms with van der Waals surface area (Å²) in [6.07, 6.45) is 3.78. The van der Waals surface area contributed by atoms with Crippen LogP contribution in [-0.2, 0) is 27.2 Å². The van der Waals surface area contributed by atoms with Gasteiger partial charge in [-0.1, -0.05) is 54.5 Å². The van der Waals surface area contributed by atoms with Gasteiger partial charge in [0.1, 0.15) is 5.00 Å². The second-order valence-electron chi connectivity index (χ2n) is 12.6. The molecule has 0 saturated heterocycles. The van der Waals surface area contributed by atoms with E-state index in [4.69, 9.17) is 4.74 Å². The Bertz CT molecular complexity index is 1190. The minimum absolute atomic E-state index is 0.0312. The molecule has 0 spiro atoms. The third-order valence-electron chi connectivity index (χ3n) is 6.96. The number of ether oxygens (including phenoxy) is 1. The van der Waals surface area contributed by atoms with Crippen LogP contribution in [0.15, 0.2) is 29.2 Å². The second-order valence-corrected chi connectivity index (χ2v) is 14.9. The van der Waals surface area contributed by atoms with Gasteiger partial charge in [0.25, 0.3) is 0 Å². The molecule has 0 aliphatic heterocycles. The summed E-state index contributed by atoms with van der Waals surface area (Å²) in [6.45, 7) is 17.0. The van der Waals surface area contributed by atoms with Crippen LogP contribution < -0.4 is 10.6 Å². The first-order valence-corrected chi connectivity index (χ1v) is 15.6. The van der Waals surface area contributed by atoms with E-state index in [-0.39, 0.29) is 40.5 Å². The van der Waals surface area contributed by atoms with Gasteiger partial charge >= 0.3 is 5.97 Å². The highest BCUT2D eigenvalue weighted by atomic mass is 32.2. The van der Waals surface area contributed by atoms with Gasteiger partial charge < -0.3 is 15.4 Å². The van der Waals surface area contributed by atoms with Crippen molar-refractivity contribution in [1.29, 1.82) is 0 Å². The summed E-state index contributed by atoms with van der Waals surface area (Å²) < 4.78 is 5.40. The molecule has 0 fully saturated rings. The zero-order valence-electron chi connectivity index (χ0n) is 24.7. The maximum absolute atomic E-state index is 13.5. The highest BCUT2D eigenvalue weighted by Crippen LogP contribution is 2.45. The van der Waals surface area contributed by atoms with E-state index in [9.17, 15) is 14.4 Å². The maximum Gasteiger partial charge on any atom is 0.341 e. The minimum atomic E-state index is -0.362. The number of benzene rings is 1. The number of thiophene rings is 1. The topological polar surface area (TPSA) is 84.5 Å². The van der Waals surface area contributed by atoms with E-state index in [0.29, 0.717) is 35.0 Å². The number of hydrogen-bond donors (Lipinski definition) is 2. The zero-order valence-corrected chi connectivity index (χ0v) is 26.3. The van der Waals surface area contributed by atoms with E-state index < -0.39 is 0 Å². The average Bonchev–Trinajstić information content (AvgIpc) is 3.18. The van der Waals surface area contributed by atoms with Crippen molar-refractivity contribution in [2.24, 2.45) is 16.7 Å². The van der Waals surface area contributed by atoms with E-state index >= 15 is 0 Å². The number of anilines is 2. The standard InChI is InChI=1S/C31H44N2O4S2/c1-9-23(38-21-13-11-12-20(17-21)32-25(34)18-30(3,4)5)27(35)33-28-26(29(36)37-10-2)22-15-14-19(31(6,7)8)16-24(22)39-28/h11-13,17,19,23H,9-10,14-16,18H2,1-8H3,(H,32,34)(H,33,35). The second kappa shape index (κ2) is 12.9. The van der Waals surface area contributed by atoms with Crippen LogP contribution in [0.25, 0.3) is 0 Å². The quantitative estimate of drug-likeness (QED) is 0.235. The van der Waals surface area contributed by atoms with E-state index in [1.807, 2.05) is 52.0 Å². The molecular weight excluding hydrogens is 528 g/mol. The molecule has 2 amide bonds. The van der Waals surface area contributed by atoms with Crippen molar-refractivity contribution >= 4 is 51.6 Å². The zero-order chi connectivity index (χ0) is 29.0. The van der Waals surface area contributed by atoms with Crippen LogP contribution in [-0.4, -0.2) is 29.6 Å². The number of thioether (sulfide) groups is 1. The normalized spacial score (nSPS) is 16.3. The van der Waals surface area contributed by atoms with Crippen LogP contribution in [0.5, 0.6) is 0 Å². The van der Waals surface area contributed by atoms with Gasteiger partial charge in [-0.25, -0.2) is 4.79 Å². The number of fused-ring (bicyclic) bond motifs is 1. The van der Waals surface area contributed by atoms with Crippen LogP contribution >= 0.6 is 23.1 Å². The van der Waals surface area contributed by atoms with Gasteiger partial charge in [0.2, 0.25) is 11.8 Å². The van der Waals surface area contributed by atoms with Crippen molar-refractivity contribution in [3.63, 3.8) is 0 Å². The number of carbonyl (C=O) groups is 3. The fourth-order valence-electron chi connectivity index (χ4n) is 4.85. The summed E-state index contributed by atoms with van der Waals surface area (Å²) >= 11 is 2.98. The molecule has 214 valence electrons. The maximum atomic E-state index is 13.5. The fraction of sp³-hybridized carbons (Fsp3) is 0.581. The van der Waals surface area contributed by atoms with Crippen LogP contribution in [0.3, 0.4) is 0 Å². The molecule has 1 heterocycles. The van der Waals surface area contributed by atoms with Crippen molar-refractivity contribution in [3.05, 3.63) is 40.3 Å². The van der Waals surface area contributed by atoms with E-state index in [1.165, 1.54) is 28.0 Å². The van der Waals surface area contributed by atoms with Crippen molar-refractivity contribution in [1.82, 2.24) is 0 Å². The lowest BCUT2D eigenvalue weighted by Gasteiger charge is -2.33. The van der Waals surface area contributed by atoms with Crippen LogP contribution in [0.1, 0.15) is 95.5 Å². The first-order chi connectivity index (χ1) is 18.2. The predicted octanol–water partition coefficient (Wildman–Crippen LogP) is 7.96. The van der Waals surface area contributed by atoms with Crippen LogP contribution in [0, 0.1) is 16.7 Å². The summed E-state index contributed by atoms with van der Waals surface area (Å²) in [5, 5.41) is 6.30. The number of carbonyl (C=O) groups excluding carboxylic acids is 3. The Hall–Kier alpha value is -2.32. The largest absolute Gasteiger partial charge is 0.462 e. The van der Waals surface area contributed by atoms with Crippen molar-refractivity contribution in [2.75, 3.05) is 17.2 Å². The number of rotatable bonds is 9. The Morgan fingerprint density at radius 3 is 2.44 bits per heavy atom. The minimum Gasteiger partial charge on any atom is -0.462 e. The number of nitrogens with one attached hydrogen (secondary N) is 2. The Balaban J connectivity index is 1.78. The molecule has 1 aliphatic carbocycles. The van der Waals surface area contributed by atoms with E-state index in [1.54, 1.807) is 6.92 Å². The molecule has 2 aromatic rings. The molecule has 2 atom stereocenters. The fourth-order valence-corrected chi connectivity index (χ4v) is 7.18. The Morgan fingerprint density at radius 2 is 1.82 bits per heavy atom. The average molecular weight is 573 g/mol. The highest BCUT2D eigenvalue weighted by molar-refractivity contribution is 8.00. The molecule has 3 rings (SSSR count). The number of esters is 1. The molecule has 2 unspecified atom stereocenters. The molecule has 1 aromatic carbocycles. The number of hydrogen-bond acceptors (Lipinski definition) is 6. The van der Waals surface area contributed by atoms with Gasteiger partial charge in [0.05, 0.1) is 17.4 Å². The summed E-state index contributed by atoms with van der Waals surface area (Å²) in [6, 6.07) is 7.60. The molecule has 8 heteroatoms. The molecule has 0 saturated carbocycles. The first kappa shape index (κ1) is 31.2. The number of amides is 2. The van der Waals surface area contributed by atoms with Gasteiger partial charge in [-0.05, 0) is 73.1 Å². The Morgan fingerprint density at radius 1 is 1.10 bits per heavy atom. The van der Waals surface area contributed by atoms with E-state index in [0.717, 1.165) is 29.7 Å². The lowest BCUT2D eigenvalue weighted by atomic mass is 9.72. The van der Waals surface area contributed by atoms with Gasteiger partial charge in [-0.3, -0.25) is 9.59 Å². The first-order valence-electron chi connectivity index (χ1n) is 13.9. The molecule has 1 aromatic heterocycles. The van der Waals surface area contributed by atoms with E-state index in [2.05, 4.69) is 31.4 Å². The SMILES string of the molecule is CCOC(=O)c1c(NC(=O)C(CC)Sc2cccc(NC(=O)CC(C)(C)C)c2)sc2c1CCC(C(C)(C)C)C2. The highest BCUT2D eigenvalue weighted by Gasteiger charge is 2.35. The summed E-state index contributed by atoms with van der Waals surface area (Å²) in [7, 11) is 0. The molecule has 1 aliphatic rings. The molecule has 2 N–H and O–H groups in total. The van der Waals surface area contributed by atoms with Crippen molar-refractivity contribution < 1.29 is 19.1 Å². The summed E-state index contributed by atoms with van der Waals surface area (Å²) in [4.78, 5) is 41.0. The molecule has 0 bridgehead atoms. The van der Waals surface area contributed by atoms with Gasteiger partial charge in [-0.2, -0.15) is 0 Å². The van der Waals surface area contributed by atoms with Gasteiger partial charge in [-0.15, -0.1) is 23.1 Å². The van der Waals surface area contributed by atoms with Crippen LogP contribution in [0.2, 0.25) is 0 Å². The van der Waals surface area contributed by atoms with Gasteiger partial charge in [0.15, 0.2) is 0 Å². The van der Waals surface area contributed by atoms with Crippen molar-refractivity contribution in [3.8, 4) is 0 Å². The third kappa shape index (κ3) is 8.58. The lowest BCUT2D eigenvalue weighted by Crippen LogP contribution is -2.27. The smallest absolute Gasteiger partial charge is 0.341 e. The lowest BCUT2D eigenvalue weighted by molar-refractivity contribution is -0.118. The predicted molar refractivity (Wildman–Crippen MR) is 163 cm³/mol. The molecule has 0 radical (unpaired) electrons. The Labute approximate surface area is 242 Å². The van der Waals surface area contributed by atoms with Crippen LogP contribution in [0.4, 0.5) is 10.7 Å². The van der Waals surface area contributed by atoms with Gasteiger partial charge in [0, 0.05) is 21.9 Å². The summed E-state index contributed by atoms with van der Waals surface area (Å²) in [5.41, 5.74) is 2.36. The van der Waals surface area contributed by atoms with Crippen molar-refractivity contribution in [2.45, 2.75) is 97.6 Å². The Kier molecular flexibility index (Phi) is 10.3. The molecule has 39 heavy (non-hydrogen) atoms. The monoisotopic (exact) mass is 572 g/mol. The molecule has 6 nitrogen and oxygen atoms in total. The summed E-state index contributed by atoms with van der Waals surface area (Å²) in [5.74, 6) is -0.00579.